The summed E-state index contributed by atoms with van der Waals surface area (Å²) in [6.45, 7) is 6.92. The van der Waals surface area contributed by atoms with Gasteiger partial charge in [-0.3, -0.25) is 9.48 Å². The molecule has 1 spiro atoms. The maximum absolute atomic E-state index is 12.4. The monoisotopic (exact) mass is 335 g/mol. The van der Waals surface area contributed by atoms with Crippen molar-refractivity contribution in [3.8, 4) is 0 Å². The van der Waals surface area contributed by atoms with Crippen LogP contribution in [0.2, 0.25) is 0 Å². The first-order chi connectivity index (χ1) is 11.5. The molecule has 1 amide bonds. The first-order valence-corrected chi connectivity index (χ1v) is 9.11. The molecule has 0 unspecified atom stereocenters. The molecule has 2 aliphatic rings. The van der Waals surface area contributed by atoms with Crippen molar-refractivity contribution < 1.29 is 14.6 Å². The Kier molecular flexibility index (Phi) is 5.25. The zero-order chi connectivity index (χ0) is 17.2. The minimum Gasteiger partial charge on any atom is -0.390 e. The Bertz CT molecular complexity index is 576. The van der Waals surface area contributed by atoms with Crippen LogP contribution < -0.4 is 0 Å². The van der Waals surface area contributed by atoms with E-state index in [1.807, 2.05) is 23.4 Å². The summed E-state index contributed by atoms with van der Waals surface area (Å²) in [6, 6.07) is 2.06. The number of likely N-dealkylation sites (tertiary alicyclic amines) is 1. The highest BCUT2D eigenvalue weighted by Crippen LogP contribution is 2.35. The molecule has 3 rings (SSSR count). The quantitative estimate of drug-likeness (QED) is 0.911. The van der Waals surface area contributed by atoms with E-state index in [1.54, 1.807) is 0 Å². The molecule has 1 aromatic heterocycles. The summed E-state index contributed by atoms with van der Waals surface area (Å²) in [5.74, 6) is 0.205. The SMILES string of the molecule is Cc1cc(C)n(CCCC(=O)N2CCC3(CC2)OCCC[C@@H]3O)n1. The number of amides is 1. The van der Waals surface area contributed by atoms with Crippen LogP contribution in [-0.4, -0.2) is 57.1 Å². The van der Waals surface area contributed by atoms with Crippen LogP contribution in [0, 0.1) is 13.8 Å². The van der Waals surface area contributed by atoms with Crippen molar-refractivity contribution in [1.29, 1.82) is 0 Å². The number of aliphatic hydroxyl groups is 1. The Hall–Kier alpha value is -1.40. The second kappa shape index (κ2) is 7.23. The molecule has 6 heteroatoms. The molecule has 0 aliphatic carbocycles. The second-order valence-electron chi connectivity index (χ2n) is 7.21. The van der Waals surface area contributed by atoms with Crippen LogP contribution >= 0.6 is 0 Å². The smallest absolute Gasteiger partial charge is 0.222 e. The largest absolute Gasteiger partial charge is 0.390 e. The molecule has 2 saturated heterocycles. The highest BCUT2D eigenvalue weighted by atomic mass is 16.5. The van der Waals surface area contributed by atoms with Crippen LogP contribution in [0.5, 0.6) is 0 Å². The van der Waals surface area contributed by atoms with Gasteiger partial charge in [0.15, 0.2) is 0 Å². The lowest BCUT2D eigenvalue weighted by molar-refractivity contribution is -0.179. The molecule has 24 heavy (non-hydrogen) atoms. The fourth-order valence-corrected chi connectivity index (χ4v) is 3.96. The van der Waals surface area contributed by atoms with Crippen LogP contribution in [0.3, 0.4) is 0 Å². The zero-order valence-corrected chi connectivity index (χ0v) is 14.8. The molecule has 0 aromatic carbocycles. The number of aromatic nitrogens is 2. The lowest BCUT2D eigenvalue weighted by atomic mass is 9.82. The Balaban J connectivity index is 1.44. The molecule has 2 aliphatic heterocycles. The van der Waals surface area contributed by atoms with E-state index in [9.17, 15) is 9.90 Å². The zero-order valence-electron chi connectivity index (χ0n) is 14.8. The number of hydrogen-bond acceptors (Lipinski definition) is 4. The van der Waals surface area contributed by atoms with E-state index < -0.39 is 5.60 Å². The number of carbonyl (C=O) groups is 1. The second-order valence-corrected chi connectivity index (χ2v) is 7.21. The molecule has 6 nitrogen and oxygen atoms in total. The topological polar surface area (TPSA) is 67.6 Å². The van der Waals surface area contributed by atoms with E-state index >= 15 is 0 Å². The normalized spacial score (nSPS) is 23.6. The van der Waals surface area contributed by atoms with Crippen molar-refractivity contribution in [2.45, 2.75) is 70.6 Å². The number of nitrogens with zero attached hydrogens (tertiary/aromatic N) is 3. The lowest BCUT2D eigenvalue weighted by Crippen LogP contribution is -2.56. The van der Waals surface area contributed by atoms with Gasteiger partial charge in [0, 0.05) is 38.4 Å². The third-order valence-electron chi connectivity index (χ3n) is 5.45. The molecule has 1 aromatic rings. The molecular formula is C18H29N3O3. The van der Waals surface area contributed by atoms with Crippen molar-refractivity contribution in [2.24, 2.45) is 0 Å². The molecule has 0 radical (unpaired) electrons. The highest BCUT2D eigenvalue weighted by Gasteiger charge is 2.44. The molecule has 3 heterocycles. The minimum absolute atomic E-state index is 0.205. The summed E-state index contributed by atoms with van der Waals surface area (Å²) in [4.78, 5) is 14.4. The van der Waals surface area contributed by atoms with Crippen LogP contribution in [0.1, 0.15) is 49.9 Å². The summed E-state index contributed by atoms with van der Waals surface area (Å²) in [5, 5.41) is 14.7. The van der Waals surface area contributed by atoms with Crippen LogP contribution in [-0.2, 0) is 16.1 Å². The Labute approximate surface area is 143 Å². The van der Waals surface area contributed by atoms with Crippen LogP contribution in [0.25, 0.3) is 0 Å². The predicted octanol–water partition coefficient (Wildman–Crippen LogP) is 1.81. The van der Waals surface area contributed by atoms with Gasteiger partial charge in [0.25, 0.3) is 0 Å². The van der Waals surface area contributed by atoms with Gasteiger partial charge in [-0.25, -0.2) is 0 Å². The fraction of sp³-hybridized carbons (Fsp3) is 0.778. The van der Waals surface area contributed by atoms with Crippen molar-refractivity contribution >= 4 is 5.91 Å². The minimum atomic E-state index is -0.404. The van der Waals surface area contributed by atoms with Crippen molar-refractivity contribution in [1.82, 2.24) is 14.7 Å². The fourth-order valence-electron chi connectivity index (χ4n) is 3.96. The third-order valence-corrected chi connectivity index (χ3v) is 5.45. The van der Waals surface area contributed by atoms with E-state index in [2.05, 4.69) is 11.2 Å². The first-order valence-electron chi connectivity index (χ1n) is 9.11. The van der Waals surface area contributed by atoms with E-state index in [-0.39, 0.29) is 12.0 Å². The van der Waals surface area contributed by atoms with Gasteiger partial charge in [0.2, 0.25) is 5.91 Å². The summed E-state index contributed by atoms with van der Waals surface area (Å²) >= 11 is 0. The van der Waals surface area contributed by atoms with E-state index in [4.69, 9.17) is 4.74 Å². The molecule has 1 N–H and O–H groups in total. The van der Waals surface area contributed by atoms with Gasteiger partial charge in [0.1, 0.15) is 0 Å². The number of piperidine rings is 1. The van der Waals surface area contributed by atoms with E-state index in [1.165, 1.54) is 0 Å². The maximum Gasteiger partial charge on any atom is 0.222 e. The van der Waals surface area contributed by atoms with Crippen LogP contribution in [0.15, 0.2) is 6.07 Å². The van der Waals surface area contributed by atoms with E-state index in [0.29, 0.717) is 19.5 Å². The summed E-state index contributed by atoms with van der Waals surface area (Å²) in [6.07, 6.45) is 4.22. The highest BCUT2D eigenvalue weighted by molar-refractivity contribution is 5.76. The van der Waals surface area contributed by atoms with E-state index in [0.717, 1.165) is 56.6 Å². The molecular weight excluding hydrogens is 306 g/mol. The molecule has 2 fully saturated rings. The Morgan fingerprint density at radius 1 is 1.42 bits per heavy atom. The number of hydrogen-bond donors (Lipinski definition) is 1. The van der Waals surface area contributed by atoms with Gasteiger partial charge in [-0.2, -0.15) is 5.10 Å². The van der Waals surface area contributed by atoms with Crippen molar-refractivity contribution in [3.05, 3.63) is 17.5 Å². The summed E-state index contributed by atoms with van der Waals surface area (Å²) < 4.78 is 7.87. The van der Waals surface area contributed by atoms with Crippen molar-refractivity contribution in [3.63, 3.8) is 0 Å². The average molecular weight is 335 g/mol. The van der Waals surface area contributed by atoms with Gasteiger partial charge < -0.3 is 14.7 Å². The first kappa shape index (κ1) is 17.4. The van der Waals surface area contributed by atoms with Gasteiger partial charge in [-0.15, -0.1) is 0 Å². The molecule has 0 saturated carbocycles. The number of aliphatic hydroxyl groups excluding tert-OH is 1. The third kappa shape index (κ3) is 3.64. The number of aryl methyl sites for hydroxylation is 3. The molecule has 0 bridgehead atoms. The Morgan fingerprint density at radius 3 is 2.79 bits per heavy atom. The van der Waals surface area contributed by atoms with Gasteiger partial charge in [0.05, 0.1) is 17.4 Å². The lowest BCUT2D eigenvalue weighted by Gasteiger charge is -2.46. The maximum atomic E-state index is 12.4. The standard InChI is InChI=1S/C18H29N3O3/c1-14-13-15(2)21(19-14)9-3-6-17(23)20-10-7-18(8-11-20)16(22)5-4-12-24-18/h13,16,22H,3-12H2,1-2H3/t16-/m0/s1. The van der Waals surface area contributed by atoms with Gasteiger partial charge >= 0.3 is 0 Å². The number of ether oxygens (including phenoxy) is 1. The number of carbonyl (C=O) groups excluding carboxylic acids is 1. The van der Waals surface area contributed by atoms with Crippen molar-refractivity contribution in [2.75, 3.05) is 19.7 Å². The van der Waals surface area contributed by atoms with Gasteiger partial charge in [-0.05, 0) is 52.0 Å². The summed E-state index contributed by atoms with van der Waals surface area (Å²) in [7, 11) is 0. The predicted molar refractivity (Wildman–Crippen MR) is 90.7 cm³/mol. The summed E-state index contributed by atoms with van der Waals surface area (Å²) in [5.41, 5.74) is 1.76. The molecule has 134 valence electrons. The Morgan fingerprint density at radius 2 is 2.17 bits per heavy atom. The number of rotatable bonds is 4. The van der Waals surface area contributed by atoms with Gasteiger partial charge in [-0.1, -0.05) is 0 Å². The molecule has 1 atom stereocenters. The van der Waals surface area contributed by atoms with Crippen LogP contribution in [0.4, 0.5) is 0 Å². The average Bonchev–Trinajstić information content (AvgIpc) is 2.89.